The van der Waals surface area contributed by atoms with Crippen molar-refractivity contribution in [1.82, 2.24) is 4.98 Å². The van der Waals surface area contributed by atoms with Gasteiger partial charge in [-0.3, -0.25) is 0 Å². The first-order valence-corrected chi connectivity index (χ1v) is 4.79. The molecule has 1 aromatic carbocycles. The molecule has 0 radical (unpaired) electrons. The van der Waals surface area contributed by atoms with Crippen LogP contribution in [-0.2, 0) is 0 Å². The molecule has 0 fully saturated rings. The second kappa shape index (κ2) is 3.33. The summed E-state index contributed by atoms with van der Waals surface area (Å²) in [6.45, 7) is 4.97. The minimum Gasteiger partial charge on any atom is -0.441 e. The molecule has 1 aromatic heterocycles. The maximum Gasteiger partial charge on any atom is 0.192 e. The highest BCUT2D eigenvalue weighted by Crippen LogP contribution is 2.21. The number of hydrogen-bond donors (Lipinski definition) is 0. The molecule has 0 aliphatic carbocycles. The normalized spacial score (nSPS) is 10.8. The Balaban J connectivity index is 2.50. The van der Waals surface area contributed by atoms with E-state index in [1.54, 1.807) is 0 Å². The summed E-state index contributed by atoms with van der Waals surface area (Å²) >= 11 is 0. The van der Waals surface area contributed by atoms with Crippen molar-refractivity contribution in [1.29, 1.82) is 0 Å². The highest BCUT2D eigenvalue weighted by molar-refractivity contribution is 5.77. The second-order valence-corrected chi connectivity index (χ2v) is 3.40. The van der Waals surface area contributed by atoms with E-state index in [4.69, 9.17) is 4.42 Å². The molecule has 74 valence electrons. The molecule has 0 spiro atoms. The minimum absolute atomic E-state index is 0.719. The van der Waals surface area contributed by atoms with Gasteiger partial charge in [-0.05, 0) is 19.1 Å². The first-order chi connectivity index (χ1) is 6.70. The summed E-state index contributed by atoms with van der Waals surface area (Å²) in [5, 5.41) is 0. The smallest absolute Gasteiger partial charge is 0.192 e. The Bertz CT molecular complexity index is 447. The fourth-order valence-corrected chi connectivity index (χ4v) is 1.45. The fraction of sp³-hybridized carbons (Fsp3) is 0.364. The van der Waals surface area contributed by atoms with Crippen LogP contribution in [0.3, 0.4) is 0 Å². The average Bonchev–Trinajstić information content (AvgIpc) is 2.55. The Kier molecular flexibility index (Phi) is 2.15. The predicted molar refractivity (Wildman–Crippen MR) is 57.7 cm³/mol. The third-order valence-corrected chi connectivity index (χ3v) is 2.39. The Morgan fingerprint density at radius 3 is 2.93 bits per heavy atom. The van der Waals surface area contributed by atoms with Gasteiger partial charge in [-0.25, -0.2) is 4.98 Å². The van der Waals surface area contributed by atoms with E-state index in [1.165, 1.54) is 0 Å². The lowest BCUT2D eigenvalue weighted by atomic mass is 10.2. The number of hydrogen-bond acceptors (Lipinski definition) is 3. The van der Waals surface area contributed by atoms with Crippen LogP contribution >= 0.6 is 0 Å². The van der Waals surface area contributed by atoms with Crippen LogP contribution in [-0.4, -0.2) is 18.6 Å². The SMILES string of the molecule is CCN(C)c1ccc2nc(C)oc2c1. The molecule has 0 unspecified atom stereocenters. The third-order valence-electron chi connectivity index (χ3n) is 2.39. The van der Waals surface area contributed by atoms with Crippen molar-refractivity contribution in [2.24, 2.45) is 0 Å². The summed E-state index contributed by atoms with van der Waals surface area (Å²) in [7, 11) is 2.06. The van der Waals surface area contributed by atoms with Gasteiger partial charge in [-0.2, -0.15) is 0 Å². The van der Waals surface area contributed by atoms with Crippen molar-refractivity contribution in [2.45, 2.75) is 13.8 Å². The molecular weight excluding hydrogens is 176 g/mol. The van der Waals surface area contributed by atoms with Gasteiger partial charge >= 0.3 is 0 Å². The highest BCUT2D eigenvalue weighted by atomic mass is 16.3. The van der Waals surface area contributed by atoms with Crippen LogP contribution in [0.15, 0.2) is 22.6 Å². The van der Waals surface area contributed by atoms with E-state index in [1.807, 2.05) is 19.1 Å². The predicted octanol–water partition coefficient (Wildman–Crippen LogP) is 2.59. The summed E-state index contributed by atoms with van der Waals surface area (Å²) in [4.78, 5) is 6.42. The topological polar surface area (TPSA) is 29.3 Å². The molecule has 0 saturated heterocycles. The zero-order chi connectivity index (χ0) is 10.1. The van der Waals surface area contributed by atoms with Gasteiger partial charge in [-0.15, -0.1) is 0 Å². The quantitative estimate of drug-likeness (QED) is 0.729. The molecule has 3 heteroatoms. The monoisotopic (exact) mass is 190 g/mol. The highest BCUT2D eigenvalue weighted by Gasteiger charge is 2.04. The van der Waals surface area contributed by atoms with Crippen molar-refractivity contribution in [3.8, 4) is 0 Å². The largest absolute Gasteiger partial charge is 0.441 e. The number of aromatic nitrogens is 1. The van der Waals surface area contributed by atoms with Crippen LogP contribution in [0.4, 0.5) is 5.69 Å². The molecule has 1 heterocycles. The molecule has 2 rings (SSSR count). The molecule has 2 aromatic rings. The van der Waals surface area contributed by atoms with Gasteiger partial charge < -0.3 is 9.32 Å². The van der Waals surface area contributed by atoms with E-state index < -0.39 is 0 Å². The number of anilines is 1. The molecule has 0 bridgehead atoms. The van der Waals surface area contributed by atoms with E-state index in [2.05, 4.69) is 29.9 Å². The van der Waals surface area contributed by atoms with Crippen LogP contribution in [0.1, 0.15) is 12.8 Å². The van der Waals surface area contributed by atoms with Crippen molar-refractivity contribution < 1.29 is 4.42 Å². The number of nitrogens with zero attached hydrogens (tertiary/aromatic N) is 2. The van der Waals surface area contributed by atoms with Crippen LogP contribution in [0.5, 0.6) is 0 Å². The number of fused-ring (bicyclic) bond motifs is 1. The van der Waals surface area contributed by atoms with E-state index >= 15 is 0 Å². The molecule has 0 saturated carbocycles. The lowest BCUT2D eigenvalue weighted by molar-refractivity contribution is 0.561. The number of oxazole rings is 1. The Hall–Kier alpha value is -1.51. The molecule has 0 N–H and O–H groups in total. The van der Waals surface area contributed by atoms with Crippen molar-refractivity contribution in [3.05, 3.63) is 24.1 Å². The molecule has 0 aliphatic rings. The standard InChI is InChI=1S/C11H14N2O/c1-4-13(3)9-5-6-10-11(7-9)14-8(2)12-10/h5-7H,4H2,1-3H3. The van der Waals surface area contributed by atoms with Crippen LogP contribution < -0.4 is 4.90 Å². The van der Waals surface area contributed by atoms with Gasteiger partial charge in [-0.1, -0.05) is 0 Å². The summed E-state index contributed by atoms with van der Waals surface area (Å²) in [6, 6.07) is 6.08. The molecule has 3 nitrogen and oxygen atoms in total. The van der Waals surface area contributed by atoms with Gasteiger partial charge in [0.05, 0.1) is 0 Å². The zero-order valence-corrected chi connectivity index (χ0v) is 8.74. The van der Waals surface area contributed by atoms with Crippen molar-refractivity contribution in [3.63, 3.8) is 0 Å². The van der Waals surface area contributed by atoms with Gasteiger partial charge in [0.15, 0.2) is 11.5 Å². The maximum absolute atomic E-state index is 5.47. The van der Waals surface area contributed by atoms with Gasteiger partial charge in [0.25, 0.3) is 0 Å². The van der Waals surface area contributed by atoms with Crippen molar-refractivity contribution in [2.75, 3.05) is 18.5 Å². The molecule has 0 atom stereocenters. The Labute approximate surface area is 83.3 Å². The number of rotatable bonds is 2. The van der Waals surface area contributed by atoms with E-state index in [-0.39, 0.29) is 0 Å². The Morgan fingerprint density at radius 2 is 2.21 bits per heavy atom. The molecule has 0 amide bonds. The van der Waals surface area contributed by atoms with Crippen LogP contribution in [0.2, 0.25) is 0 Å². The summed E-state index contributed by atoms with van der Waals surface area (Å²) in [5.41, 5.74) is 2.95. The average molecular weight is 190 g/mol. The fourth-order valence-electron chi connectivity index (χ4n) is 1.45. The lowest BCUT2D eigenvalue weighted by Gasteiger charge is -2.15. The first-order valence-electron chi connectivity index (χ1n) is 4.79. The van der Waals surface area contributed by atoms with Gasteiger partial charge in [0, 0.05) is 32.3 Å². The summed E-state index contributed by atoms with van der Waals surface area (Å²) in [6.07, 6.45) is 0. The van der Waals surface area contributed by atoms with E-state index in [0.717, 1.165) is 29.2 Å². The van der Waals surface area contributed by atoms with Crippen LogP contribution in [0.25, 0.3) is 11.1 Å². The van der Waals surface area contributed by atoms with Crippen molar-refractivity contribution >= 4 is 16.8 Å². The number of aryl methyl sites for hydroxylation is 1. The summed E-state index contributed by atoms with van der Waals surface area (Å²) < 4.78 is 5.47. The second-order valence-electron chi connectivity index (χ2n) is 3.40. The van der Waals surface area contributed by atoms with E-state index in [0.29, 0.717) is 0 Å². The zero-order valence-electron chi connectivity index (χ0n) is 8.74. The van der Waals surface area contributed by atoms with Gasteiger partial charge in [0.1, 0.15) is 5.52 Å². The maximum atomic E-state index is 5.47. The van der Waals surface area contributed by atoms with Gasteiger partial charge in [0.2, 0.25) is 0 Å². The molecule has 14 heavy (non-hydrogen) atoms. The summed E-state index contributed by atoms with van der Waals surface area (Å²) in [5.74, 6) is 0.719. The lowest BCUT2D eigenvalue weighted by Crippen LogP contribution is -2.15. The third kappa shape index (κ3) is 1.45. The number of benzene rings is 1. The van der Waals surface area contributed by atoms with Crippen LogP contribution in [0, 0.1) is 6.92 Å². The molecular formula is C11H14N2O. The first kappa shape index (κ1) is 9.06. The van der Waals surface area contributed by atoms with E-state index in [9.17, 15) is 0 Å². The Morgan fingerprint density at radius 1 is 1.43 bits per heavy atom. The minimum atomic E-state index is 0.719. The molecule has 0 aliphatic heterocycles.